The van der Waals surface area contributed by atoms with Gasteiger partial charge in [-0.2, -0.15) is 4.39 Å². The number of nitrogens with zero attached hydrogens (tertiary/aromatic N) is 2. The summed E-state index contributed by atoms with van der Waals surface area (Å²) in [4.78, 5) is 5.75. The molecule has 1 heterocycles. The second-order valence-corrected chi connectivity index (χ2v) is 2.69. The summed E-state index contributed by atoms with van der Waals surface area (Å²) in [5.41, 5.74) is 0. The molecule has 9 heavy (non-hydrogen) atoms. The van der Waals surface area contributed by atoms with E-state index in [4.69, 9.17) is 11.6 Å². The fourth-order valence-electron chi connectivity index (χ4n) is 0.443. The Morgan fingerprint density at radius 1 is 1.89 bits per heavy atom. The molecule has 0 bridgehead atoms. The van der Waals surface area contributed by atoms with Crippen LogP contribution in [0.5, 0.6) is 0 Å². The SMILES string of the molecule is CC1(Cl)[C]=NC(F)N=C1. The van der Waals surface area contributed by atoms with Gasteiger partial charge in [0.1, 0.15) is 4.87 Å². The summed E-state index contributed by atoms with van der Waals surface area (Å²) in [5.74, 6) is 0. The second kappa shape index (κ2) is 2.06. The minimum Gasteiger partial charge on any atom is -0.238 e. The lowest BCUT2D eigenvalue weighted by atomic mass is 10.2. The standard InChI is InChI=1S/C5H5ClFN2/c1-5(6)2-8-4(7)9-3-5/h2,4H,1H3. The summed E-state index contributed by atoms with van der Waals surface area (Å²) >= 11 is 5.62. The van der Waals surface area contributed by atoms with E-state index in [-0.39, 0.29) is 0 Å². The van der Waals surface area contributed by atoms with E-state index in [1.54, 1.807) is 6.92 Å². The van der Waals surface area contributed by atoms with Crippen LogP contribution in [-0.4, -0.2) is 23.7 Å². The highest BCUT2D eigenvalue weighted by Gasteiger charge is 2.20. The van der Waals surface area contributed by atoms with Gasteiger partial charge in [0.25, 0.3) is 6.42 Å². The number of halogens is 2. The van der Waals surface area contributed by atoms with Gasteiger partial charge < -0.3 is 0 Å². The topological polar surface area (TPSA) is 24.7 Å². The van der Waals surface area contributed by atoms with Gasteiger partial charge in [0.15, 0.2) is 0 Å². The fourth-order valence-corrected chi connectivity index (χ4v) is 0.548. The predicted molar refractivity (Wildman–Crippen MR) is 35.1 cm³/mol. The summed E-state index contributed by atoms with van der Waals surface area (Å²) < 4.78 is 12.0. The number of aliphatic imine (C=N–C) groups is 2. The minimum atomic E-state index is -1.50. The van der Waals surface area contributed by atoms with Crippen molar-refractivity contribution in [1.82, 2.24) is 0 Å². The van der Waals surface area contributed by atoms with Gasteiger partial charge in [0.05, 0.1) is 6.21 Å². The Morgan fingerprint density at radius 3 is 2.89 bits per heavy atom. The lowest BCUT2D eigenvalue weighted by Crippen LogP contribution is -2.24. The van der Waals surface area contributed by atoms with Crippen molar-refractivity contribution in [1.29, 1.82) is 0 Å². The molecule has 2 unspecified atom stereocenters. The largest absolute Gasteiger partial charge is 0.283 e. The van der Waals surface area contributed by atoms with Crippen LogP contribution < -0.4 is 0 Å². The first-order valence-corrected chi connectivity index (χ1v) is 2.82. The molecule has 0 fully saturated rings. The number of hydrogen-bond donors (Lipinski definition) is 0. The lowest BCUT2D eigenvalue weighted by Gasteiger charge is -2.12. The molecule has 0 aliphatic carbocycles. The van der Waals surface area contributed by atoms with Crippen molar-refractivity contribution in [3.05, 3.63) is 0 Å². The average Bonchev–Trinajstić information content (AvgIpc) is 1.78. The van der Waals surface area contributed by atoms with Crippen LogP contribution >= 0.6 is 11.6 Å². The predicted octanol–water partition coefficient (Wildman–Crippen LogP) is 1.27. The molecule has 49 valence electrons. The van der Waals surface area contributed by atoms with Crippen molar-refractivity contribution in [2.75, 3.05) is 0 Å². The smallest absolute Gasteiger partial charge is 0.238 e. The van der Waals surface area contributed by atoms with Crippen LogP contribution in [-0.2, 0) is 0 Å². The van der Waals surface area contributed by atoms with Crippen LogP contribution in [0, 0.1) is 0 Å². The Morgan fingerprint density at radius 2 is 2.56 bits per heavy atom. The molecule has 0 N–H and O–H groups in total. The zero-order chi connectivity index (χ0) is 6.91. The van der Waals surface area contributed by atoms with E-state index in [0.717, 1.165) is 0 Å². The van der Waals surface area contributed by atoms with Crippen molar-refractivity contribution in [3.8, 4) is 0 Å². The second-order valence-electron chi connectivity index (χ2n) is 1.91. The maximum Gasteiger partial charge on any atom is 0.283 e. The van der Waals surface area contributed by atoms with Gasteiger partial charge in [-0.3, -0.25) is 0 Å². The van der Waals surface area contributed by atoms with Crippen LogP contribution in [0.1, 0.15) is 6.92 Å². The molecule has 1 aliphatic rings. The lowest BCUT2D eigenvalue weighted by molar-refractivity contribution is 0.359. The van der Waals surface area contributed by atoms with E-state index in [9.17, 15) is 4.39 Å². The maximum absolute atomic E-state index is 12.0. The van der Waals surface area contributed by atoms with Crippen LogP contribution in [0.25, 0.3) is 0 Å². The third-order valence-corrected chi connectivity index (χ3v) is 1.01. The van der Waals surface area contributed by atoms with Crippen LogP contribution in [0.2, 0.25) is 0 Å². The zero-order valence-electron chi connectivity index (χ0n) is 4.81. The molecule has 2 nitrogen and oxygen atoms in total. The average molecular weight is 148 g/mol. The first-order chi connectivity index (χ1) is 4.10. The summed E-state index contributed by atoms with van der Waals surface area (Å²) in [6, 6.07) is 0. The highest BCUT2D eigenvalue weighted by Crippen LogP contribution is 2.13. The Kier molecular flexibility index (Phi) is 1.53. The third-order valence-electron chi connectivity index (χ3n) is 0.830. The fraction of sp³-hybridized carbons (Fsp3) is 0.600. The number of alkyl halides is 2. The van der Waals surface area contributed by atoms with Crippen LogP contribution in [0.15, 0.2) is 9.98 Å². The minimum absolute atomic E-state index is 0.817. The van der Waals surface area contributed by atoms with Crippen LogP contribution in [0.3, 0.4) is 0 Å². The molecule has 0 spiro atoms. The molecule has 4 heteroatoms. The first-order valence-electron chi connectivity index (χ1n) is 2.44. The van der Waals surface area contributed by atoms with Crippen LogP contribution in [0.4, 0.5) is 4.39 Å². The molecule has 1 aliphatic heterocycles. The third kappa shape index (κ3) is 1.75. The van der Waals surface area contributed by atoms with Gasteiger partial charge in [-0.15, -0.1) is 11.6 Å². The summed E-state index contributed by atoms with van der Waals surface area (Å²) in [6.45, 7) is 1.63. The van der Waals surface area contributed by atoms with Gasteiger partial charge in [0, 0.05) is 6.21 Å². The molecule has 0 aromatic rings. The van der Waals surface area contributed by atoms with E-state index < -0.39 is 11.3 Å². The number of rotatable bonds is 0. The molecule has 0 saturated carbocycles. The Hall–Kier alpha value is -0.440. The summed E-state index contributed by atoms with van der Waals surface area (Å²) in [5, 5.41) is 0. The van der Waals surface area contributed by atoms with Gasteiger partial charge in [-0.25, -0.2) is 9.98 Å². The molecule has 2 atom stereocenters. The molecular formula is C5H5ClFN2. The normalized spacial score (nSPS) is 41.4. The molecule has 0 aromatic heterocycles. The Labute approximate surface area is 57.5 Å². The van der Waals surface area contributed by atoms with Gasteiger partial charge in [-0.05, 0) is 6.92 Å². The van der Waals surface area contributed by atoms with E-state index >= 15 is 0 Å². The summed E-state index contributed by atoms with van der Waals surface area (Å²) in [7, 11) is 0. The van der Waals surface area contributed by atoms with Crippen molar-refractivity contribution in [3.63, 3.8) is 0 Å². The van der Waals surface area contributed by atoms with E-state index in [1.807, 2.05) is 0 Å². The first kappa shape index (κ1) is 6.68. The van der Waals surface area contributed by atoms with E-state index in [1.165, 1.54) is 6.21 Å². The van der Waals surface area contributed by atoms with E-state index in [2.05, 4.69) is 16.2 Å². The maximum atomic E-state index is 12.0. The molecule has 1 rings (SSSR count). The van der Waals surface area contributed by atoms with Gasteiger partial charge in [-0.1, -0.05) is 0 Å². The molecule has 0 amide bonds. The van der Waals surface area contributed by atoms with Gasteiger partial charge >= 0.3 is 0 Å². The van der Waals surface area contributed by atoms with E-state index in [0.29, 0.717) is 0 Å². The highest BCUT2D eigenvalue weighted by molar-refractivity contribution is 6.41. The molecule has 0 saturated heterocycles. The van der Waals surface area contributed by atoms with Crippen molar-refractivity contribution in [2.45, 2.75) is 18.2 Å². The van der Waals surface area contributed by atoms with Crippen molar-refractivity contribution >= 4 is 24.0 Å². The number of hydrogen-bond acceptors (Lipinski definition) is 2. The molecular weight excluding hydrogens is 143 g/mol. The zero-order valence-corrected chi connectivity index (χ0v) is 5.56. The monoisotopic (exact) mass is 147 g/mol. The van der Waals surface area contributed by atoms with Crippen molar-refractivity contribution in [2.24, 2.45) is 9.98 Å². The van der Waals surface area contributed by atoms with Gasteiger partial charge in [0.2, 0.25) is 0 Å². The Bertz CT molecular complexity index is 148. The van der Waals surface area contributed by atoms with Crippen molar-refractivity contribution < 1.29 is 4.39 Å². The summed E-state index contributed by atoms with van der Waals surface area (Å²) in [6.07, 6.45) is 2.16. The highest BCUT2D eigenvalue weighted by atomic mass is 35.5. The Balaban J connectivity index is 2.70. The molecule has 0 aromatic carbocycles. The quantitative estimate of drug-likeness (QED) is 0.364. The molecule has 1 radical (unpaired) electrons.